The van der Waals surface area contributed by atoms with Gasteiger partial charge in [0.1, 0.15) is 5.82 Å². The lowest BCUT2D eigenvalue weighted by atomic mass is 9.84. The van der Waals surface area contributed by atoms with Crippen LogP contribution in [0.1, 0.15) is 44.6 Å². The molecule has 6 nitrogen and oxygen atoms in total. The molecule has 3 aromatic carbocycles. The number of hydrogen-bond acceptors (Lipinski definition) is 3. The number of amides is 2. The molecule has 1 aromatic heterocycles. The lowest BCUT2D eigenvalue weighted by molar-refractivity contribution is 0.116. The van der Waals surface area contributed by atoms with Gasteiger partial charge in [-0.05, 0) is 36.1 Å². The van der Waals surface area contributed by atoms with Crippen LogP contribution in [-0.4, -0.2) is 33.6 Å². The highest BCUT2D eigenvalue weighted by atomic mass is 16.2. The molecule has 1 unspecified atom stereocenters. The van der Waals surface area contributed by atoms with Gasteiger partial charge in [-0.3, -0.25) is 0 Å². The van der Waals surface area contributed by atoms with E-state index < -0.39 is 0 Å². The molecule has 2 amide bonds. The van der Waals surface area contributed by atoms with Crippen LogP contribution in [0.4, 0.5) is 10.5 Å². The molecule has 0 aliphatic carbocycles. The van der Waals surface area contributed by atoms with E-state index in [4.69, 9.17) is 10.7 Å². The molecule has 0 spiro atoms. The molecule has 0 aliphatic rings. The van der Waals surface area contributed by atoms with Crippen molar-refractivity contribution in [2.75, 3.05) is 18.4 Å². The Kier molecular flexibility index (Phi) is 8.41. The third-order valence-corrected chi connectivity index (χ3v) is 6.34. The first-order valence-electron chi connectivity index (χ1n) is 12.9. The maximum absolute atomic E-state index is 13.8. The standard InChI is InChI=1S/C31H37N5O/c1-31(2,3)28(36(21-13-20-32)30(37)33-26-18-11-6-12-19-26)29-34-27(25-16-9-5-10-17-25)23-35(29)22-24-14-7-4-8-15-24/h4-12,14-19,23,28H,13,20-22,32H2,1-3H3,(H,33,37). The number of rotatable bonds is 9. The van der Waals surface area contributed by atoms with Crippen molar-refractivity contribution in [3.05, 3.63) is 109 Å². The molecule has 3 N–H and O–H groups in total. The van der Waals surface area contributed by atoms with E-state index in [0.717, 1.165) is 22.8 Å². The quantitative estimate of drug-likeness (QED) is 0.276. The van der Waals surface area contributed by atoms with E-state index in [1.807, 2.05) is 71.6 Å². The number of nitrogens with zero attached hydrogens (tertiary/aromatic N) is 3. The van der Waals surface area contributed by atoms with E-state index in [-0.39, 0.29) is 17.5 Å². The number of urea groups is 1. The zero-order valence-corrected chi connectivity index (χ0v) is 22.0. The van der Waals surface area contributed by atoms with Crippen LogP contribution in [0.2, 0.25) is 0 Å². The molecule has 0 bridgehead atoms. The van der Waals surface area contributed by atoms with Gasteiger partial charge < -0.3 is 20.5 Å². The Morgan fingerprint density at radius 2 is 1.54 bits per heavy atom. The molecule has 37 heavy (non-hydrogen) atoms. The first-order chi connectivity index (χ1) is 17.9. The normalized spacial score (nSPS) is 12.2. The van der Waals surface area contributed by atoms with E-state index in [1.54, 1.807) is 0 Å². The molecular formula is C31H37N5O. The minimum atomic E-state index is -0.295. The Balaban J connectivity index is 1.80. The van der Waals surface area contributed by atoms with Gasteiger partial charge in [0.25, 0.3) is 0 Å². The second kappa shape index (κ2) is 11.9. The molecule has 4 aromatic rings. The summed E-state index contributed by atoms with van der Waals surface area (Å²) in [5, 5.41) is 3.09. The van der Waals surface area contributed by atoms with Crippen LogP contribution in [0.15, 0.2) is 97.2 Å². The third-order valence-electron chi connectivity index (χ3n) is 6.34. The zero-order valence-electron chi connectivity index (χ0n) is 22.0. The van der Waals surface area contributed by atoms with Gasteiger partial charge in [0, 0.05) is 30.5 Å². The number of carbonyl (C=O) groups is 1. The summed E-state index contributed by atoms with van der Waals surface area (Å²) in [5.74, 6) is 0.857. The highest BCUT2D eigenvalue weighted by Gasteiger charge is 2.38. The lowest BCUT2D eigenvalue weighted by Crippen LogP contribution is -2.45. The van der Waals surface area contributed by atoms with Crippen LogP contribution >= 0.6 is 0 Å². The van der Waals surface area contributed by atoms with Crippen molar-refractivity contribution in [2.45, 2.75) is 39.8 Å². The van der Waals surface area contributed by atoms with Gasteiger partial charge in [0.2, 0.25) is 0 Å². The molecule has 4 rings (SSSR count). The van der Waals surface area contributed by atoms with Crippen molar-refractivity contribution >= 4 is 11.7 Å². The number of para-hydroxylation sites is 1. The van der Waals surface area contributed by atoms with Crippen molar-refractivity contribution in [3.63, 3.8) is 0 Å². The number of benzene rings is 3. The molecule has 0 saturated heterocycles. The third kappa shape index (κ3) is 6.66. The molecule has 0 saturated carbocycles. The van der Waals surface area contributed by atoms with Gasteiger partial charge in [-0.15, -0.1) is 0 Å². The van der Waals surface area contributed by atoms with Crippen molar-refractivity contribution in [3.8, 4) is 11.3 Å². The predicted molar refractivity (Wildman–Crippen MR) is 151 cm³/mol. The molecule has 1 atom stereocenters. The van der Waals surface area contributed by atoms with Crippen LogP contribution < -0.4 is 11.1 Å². The van der Waals surface area contributed by atoms with E-state index in [2.05, 4.69) is 61.1 Å². The monoisotopic (exact) mass is 495 g/mol. The molecule has 6 heteroatoms. The molecular weight excluding hydrogens is 458 g/mol. The summed E-state index contributed by atoms with van der Waals surface area (Å²) in [6, 6.07) is 29.7. The molecule has 0 radical (unpaired) electrons. The fraction of sp³-hybridized carbons (Fsp3) is 0.290. The first-order valence-corrected chi connectivity index (χ1v) is 12.9. The topological polar surface area (TPSA) is 76.2 Å². The summed E-state index contributed by atoms with van der Waals surface area (Å²) in [5.41, 5.74) is 9.49. The summed E-state index contributed by atoms with van der Waals surface area (Å²) in [6.07, 6.45) is 2.80. The molecule has 0 aliphatic heterocycles. The zero-order chi connectivity index (χ0) is 26.3. The number of aromatic nitrogens is 2. The Morgan fingerprint density at radius 3 is 2.14 bits per heavy atom. The highest BCUT2D eigenvalue weighted by molar-refractivity contribution is 5.89. The van der Waals surface area contributed by atoms with E-state index in [0.29, 0.717) is 26.1 Å². The Hall–Kier alpha value is -3.90. The summed E-state index contributed by atoms with van der Waals surface area (Å²) >= 11 is 0. The number of imidazole rings is 1. The van der Waals surface area contributed by atoms with Crippen molar-refractivity contribution in [1.82, 2.24) is 14.5 Å². The van der Waals surface area contributed by atoms with E-state index in [9.17, 15) is 4.79 Å². The Bertz CT molecular complexity index is 1260. The summed E-state index contributed by atoms with van der Waals surface area (Å²) in [7, 11) is 0. The summed E-state index contributed by atoms with van der Waals surface area (Å²) in [4.78, 5) is 20.8. The molecule has 192 valence electrons. The summed E-state index contributed by atoms with van der Waals surface area (Å²) < 4.78 is 2.19. The second-order valence-electron chi connectivity index (χ2n) is 10.4. The highest BCUT2D eigenvalue weighted by Crippen LogP contribution is 2.39. The predicted octanol–water partition coefficient (Wildman–Crippen LogP) is 6.57. The number of anilines is 1. The Labute approximate surface area is 220 Å². The second-order valence-corrected chi connectivity index (χ2v) is 10.4. The van der Waals surface area contributed by atoms with Crippen molar-refractivity contribution in [2.24, 2.45) is 11.1 Å². The van der Waals surface area contributed by atoms with Gasteiger partial charge in [-0.1, -0.05) is 99.6 Å². The number of nitrogens with one attached hydrogen (secondary N) is 1. The fourth-order valence-electron chi connectivity index (χ4n) is 4.62. The van der Waals surface area contributed by atoms with Crippen LogP contribution in [-0.2, 0) is 6.54 Å². The summed E-state index contributed by atoms with van der Waals surface area (Å²) in [6.45, 7) is 8.16. The molecule has 0 fully saturated rings. The van der Waals surface area contributed by atoms with Crippen molar-refractivity contribution < 1.29 is 4.79 Å². The van der Waals surface area contributed by atoms with Gasteiger partial charge in [0.15, 0.2) is 0 Å². The minimum Gasteiger partial charge on any atom is -0.330 e. The average molecular weight is 496 g/mol. The van der Waals surface area contributed by atoms with Gasteiger partial charge in [-0.25, -0.2) is 9.78 Å². The average Bonchev–Trinajstić information content (AvgIpc) is 3.30. The number of carbonyl (C=O) groups excluding carboxylic acids is 1. The van der Waals surface area contributed by atoms with Crippen LogP contribution in [0.25, 0.3) is 11.3 Å². The fourth-order valence-corrected chi connectivity index (χ4v) is 4.62. The smallest absolute Gasteiger partial charge is 0.322 e. The molecule has 1 heterocycles. The van der Waals surface area contributed by atoms with Crippen molar-refractivity contribution in [1.29, 1.82) is 0 Å². The van der Waals surface area contributed by atoms with E-state index in [1.165, 1.54) is 5.56 Å². The first kappa shape index (κ1) is 26.2. The SMILES string of the molecule is CC(C)(C)C(c1nc(-c2ccccc2)cn1Cc1ccccc1)N(CCCN)C(=O)Nc1ccccc1. The number of hydrogen-bond donors (Lipinski definition) is 2. The van der Waals surface area contributed by atoms with E-state index >= 15 is 0 Å². The maximum atomic E-state index is 13.8. The van der Waals surface area contributed by atoms with Crippen LogP contribution in [0, 0.1) is 5.41 Å². The minimum absolute atomic E-state index is 0.157. The van der Waals surface area contributed by atoms with Crippen LogP contribution in [0.3, 0.4) is 0 Å². The van der Waals surface area contributed by atoms with Gasteiger partial charge in [0.05, 0.1) is 11.7 Å². The van der Waals surface area contributed by atoms with Gasteiger partial charge >= 0.3 is 6.03 Å². The Morgan fingerprint density at radius 1 is 0.946 bits per heavy atom. The maximum Gasteiger partial charge on any atom is 0.322 e. The number of nitrogens with two attached hydrogens (primary N) is 1. The largest absolute Gasteiger partial charge is 0.330 e. The van der Waals surface area contributed by atoms with Crippen LogP contribution in [0.5, 0.6) is 0 Å². The lowest BCUT2D eigenvalue weighted by Gasteiger charge is -2.40. The van der Waals surface area contributed by atoms with Gasteiger partial charge in [-0.2, -0.15) is 0 Å².